The molecule has 0 aliphatic rings. The summed E-state index contributed by atoms with van der Waals surface area (Å²) in [5, 5.41) is 1.05. The molecule has 0 unspecified atom stereocenters. The van der Waals surface area contributed by atoms with Gasteiger partial charge in [-0.15, -0.1) is 0 Å². The standard InChI is InChI=1S/C23H28ClN3O4S2/c1-4-26(5-2)14-15-27(23-25-22-19(24)7-6-8-20(22)32-23)21(28)13-16-33(29,30)18-11-9-17(31-3)10-12-18/h6-12H,4-5,13-16H2,1-3H3. The molecule has 0 saturated carbocycles. The first kappa shape index (κ1) is 25.4. The van der Waals surface area contributed by atoms with Gasteiger partial charge in [-0.3, -0.25) is 9.69 Å². The number of anilines is 1. The van der Waals surface area contributed by atoms with Gasteiger partial charge in [0.2, 0.25) is 5.91 Å². The van der Waals surface area contributed by atoms with Gasteiger partial charge in [-0.1, -0.05) is 42.9 Å². The molecule has 0 bridgehead atoms. The zero-order valence-electron chi connectivity index (χ0n) is 19.0. The molecule has 0 fully saturated rings. The van der Waals surface area contributed by atoms with Crippen LogP contribution in [0.5, 0.6) is 5.75 Å². The van der Waals surface area contributed by atoms with Crippen LogP contribution in [0.15, 0.2) is 47.4 Å². The summed E-state index contributed by atoms with van der Waals surface area (Å²) in [7, 11) is -2.10. The SMILES string of the molecule is CCN(CC)CCN(C(=O)CCS(=O)(=O)c1ccc(OC)cc1)c1nc2c(Cl)cccc2s1. The number of fused-ring (bicyclic) bond motifs is 1. The van der Waals surface area contributed by atoms with Gasteiger partial charge in [0.25, 0.3) is 0 Å². The number of hydrogen-bond donors (Lipinski definition) is 0. The minimum absolute atomic E-state index is 0.143. The number of para-hydroxylation sites is 1. The van der Waals surface area contributed by atoms with Crippen LogP contribution < -0.4 is 9.64 Å². The van der Waals surface area contributed by atoms with Crippen LogP contribution in [-0.4, -0.2) is 63.3 Å². The molecule has 3 rings (SSSR count). The lowest BCUT2D eigenvalue weighted by atomic mass is 10.3. The number of methoxy groups -OCH3 is 1. The van der Waals surface area contributed by atoms with Crippen molar-refractivity contribution in [2.75, 3.05) is 43.9 Å². The molecule has 0 saturated heterocycles. The Labute approximate surface area is 203 Å². The van der Waals surface area contributed by atoms with Crippen molar-refractivity contribution in [1.82, 2.24) is 9.88 Å². The van der Waals surface area contributed by atoms with E-state index in [1.807, 2.05) is 12.1 Å². The number of sulfone groups is 1. The first-order valence-corrected chi connectivity index (χ1v) is 13.6. The molecule has 3 aromatic rings. The highest BCUT2D eigenvalue weighted by Gasteiger charge is 2.24. The molecule has 0 spiro atoms. The smallest absolute Gasteiger partial charge is 0.229 e. The predicted octanol–water partition coefficient (Wildman–Crippen LogP) is 4.50. The summed E-state index contributed by atoms with van der Waals surface area (Å²) < 4.78 is 31.5. The highest BCUT2D eigenvalue weighted by molar-refractivity contribution is 7.91. The van der Waals surface area contributed by atoms with Gasteiger partial charge in [0.15, 0.2) is 15.0 Å². The quantitative estimate of drug-likeness (QED) is 0.378. The lowest BCUT2D eigenvalue weighted by molar-refractivity contribution is -0.118. The second-order valence-electron chi connectivity index (χ2n) is 7.40. The second kappa shape index (κ2) is 11.3. The lowest BCUT2D eigenvalue weighted by Gasteiger charge is -2.24. The summed E-state index contributed by atoms with van der Waals surface area (Å²) in [5.74, 6) is 0.00232. The van der Waals surface area contributed by atoms with Gasteiger partial charge < -0.3 is 9.64 Å². The monoisotopic (exact) mass is 509 g/mol. The minimum atomic E-state index is -3.62. The van der Waals surface area contributed by atoms with Crippen molar-refractivity contribution in [1.29, 1.82) is 0 Å². The summed E-state index contributed by atoms with van der Waals surface area (Å²) in [6.45, 7) is 6.92. The van der Waals surface area contributed by atoms with Crippen molar-refractivity contribution in [2.24, 2.45) is 0 Å². The van der Waals surface area contributed by atoms with E-state index < -0.39 is 9.84 Å². The molecule has 1 aromatic heterocycles. The van der Waals surface area contributed by atoms with Gasteiger partial charge in [0.05, 0.1) is 27.5 Å². The first-order chi connectivity index (χ1) is 15.8. The summed E-state index contributed by atoms with van der Waals surface area (Å²) >= 11 is 7.66. The van der Waals surface area contributed by atoms with Gasteiger partial charge in [-0.25, -0.2) is 13.4 Å². The average molecular weight is 510 g/mol. The molecule has 0 atom stereocenters. The third-order valence-electron chi connectivity index (χ3n) is 5.43. The Kier molecular flexibility index (Phi) is 8.69. The molecule has 33 heavy (non-hydrogen) atoms. The van der Waals surface area contributed by atoms with E-state index in [0.29, 0.717) is 34.5 Å². The third kappa shape index (κ3) is 6.23. The normalized spacial score (nSPS) is 11.8. The van der Waals surface area contributed by atoms with E-state index in [4.69, 9.17) is 16.3 Å². The van der Waals surface area contributed by atoms with Crippen molar-refractivity contribution in [3.63, 3.8) is 0 Å². The molecule has 7 nitrogen and oxygen atoms in total. The number of hydrogen-bond acceptors (Lipinski definition) is 7. The third-order valence-corrected chi connectivity index (χ3v) is 8.51. The van der Waals surface area contributed by atoms with Crippen LogP contribution in [-0.2, 0) is 14.6 Å². The average Bonchev–Trinajstić information content (AvgIpc) is 3.26. The Balaban J connectivity index is 1.81. The predicted molar refractivity (Wildman–Crippen MR) is 134 cm³/mol. The number of rotatable bonds is 11. The Morgan fingerprint density at radius 3 is 2.39 bits per heavy atom. The van der Waals surface area contributed by atoms with Crippen LogP contribution in [0.25, 0.3) is 10.2 Å². The van der Waals surface area contributed by atoms with Crippen molar-refractivity contribution in [3.8, 4) is 5.75 Å². The summed E-state index contributed by atoms with van der Waals surface area (Å²) in [6.07, 6.45) is -0.143. The molecule has 178 valence electrons. The fourth-order valence-corrected chi connectivity index (χ4v) is 5.92. The van der Waals surface area contributed by atoms with E-state index in [1.54, 1.807) is 23.1 Å². The highest BCUT2D eigenvalue weighted by atomic mass is 35.5. The number of halogens is 1. The van der Waals surface area contributed by atoms with Crippen molar-refractivity contribution in [3.05, 3.63) is 47.5 Å². The number of aromatic nitrogens is 1. The maximum absolute atomic E-state index is 13.2. The summed E-state index contributed by atoms with van der Waals surface area (Å²) in [5.41, 5.74) is 0.644. The number of nitrogens with zero attached hydrogens (tertiary/aromatic N) is 3. The Morgan fingerprint density at radius 2 is 1.79 bits per heavy atom. The van der Waals surface area contributed by atoms with E-state index in [1.165, 1.54) is 30.6 Å². The number of amides is 1. The largest absolute Gasteiger partial charge is 0.497 e. The van der Waals surface area contributed by atoms with Crippen molar-refractivity contribution < 1.29 is 17.9 Å². The van der Waals surface area contributed by atoms with E-state index in [-0.39, 0.29) is 23.0 Å². The number of ether oxygens (including phenoxy) is 1. The number of thiazole rings is 1. The Morgan fingerprint density at radius 1 is 1.09 bits per heavy atom. The van der Waals surface area contributed by atoms with Crippen LogP contribution in [0.4, 0.5) is 5.13 Å². The summed E-state index contributed by atoms with van der Waals surface area (Å²) in [6, 6.07) is 11.7. The molecule has 1 heterocycles. The minimum Gasteiger partial charge on any atom is -0.497 e. The molecule has 0 radical (unpaired) electrons. The van der Waals surface area contributed by atoms with Gasteiger partial charge in [-0.2, -0.15) is 0 Å². The number of likely N-dealkylation sites (N-methyl/N-ethyl adjacent to an activating group) is 1. The molecule has 1 amide bonds. The molecule has 10 heteroatoms. The highest BCUT2D eigenvalue weighted by Crippen LogP contribution is 2.33. The van der Waals surface area contributed by atoms with Crippen molar-refractivity contribution >= 4 is 54.0 Å². The second-order valence-corrected chi connectivity index (χ2v) is 10.9. The fraction of sp³-hybridized carbons (Fsp3) is 0.391. The maximum atomic E-state index is 13.2. The van der Waals surface area contributed by atoms with Crippen LogP contribution >= 0.6 is 22.9 Å². The Hall–Kier alpha value is -2.20. The molecule has 2 aromatic carbocycles. The molecular formula is C23H28ClN3O4S2. The van der Waals surface area contributed by atoms with Gasteiger partial charge in [0, 0.05) is 19.5 Å². The molecular weight excluding hydrogens is 482 g/mol. The zero-order valence-corrected chi connectivity index (χ0v) is 21.3. The van der Waals surface area contributed by atoms with Gasteiger partial charge >= 0.3 is 0 Å². The molecule has 0 aliphatic heterocycles. The number of carbonyl (C=O) groups is 1. The zero-order chi connectivity index (χ0) is 24.0. The van der Waals surface area contributed by atoms with Crippen molar-refractivity contribution in [2.45, 2.75) is 25.2 Å². The number of carbonyl (C=O) groups excluding carboxylic acids is 1. The van der Waals surface area contributed by atoms with Gasteiger partial charge in [0.1, 0.15) is 11.3 Å². The van der Waals surface area contributed by atoms with E-state index >= 15 is 0 Å². The van der Waals surface area contributed by atoms with Crippen LogP contribution in [0.2, 0.25) is 5.02 Å². The van der Waals surface area contributed by atoms with Crippen LogP contribution in [0.1, 0.15) is 20.3 Å². The fourth-order valence-electron chi connectivity index (χ4n) is 3.38. The van der Waals surface area contributed by atoms with Crippen LogP contribution in [0.3, 0.4) is 0 Å². The topological polar surface area (TPSA) is 79.8 Å². The van der Waals surface area contributed by atoms with Crippen LogP contribution in [0, 0.1) is 0 Å². The van der Waals surface area contributed by atoms with E-state index in [9.17, 15) is 13.2 Å². The summed E-state index contributed by atoms with van der Waals surface area (Å²) in [4.78, 5) is 21.8. The molecule has 0 aliphatic carbocycles. The van der Waals surface area contributed by atoms with Gasteiger partial charge in [-0.05, 0) is 49.5 Å². The number of benzene rings is 2. The maximum Gasteiger partial charge on any atom is 0.229 e. The van der Waals surface area contributed by atoms with E-state index in [0.717, 1.165) is 17.8 Å². The molecule has 0 N–H and O–H groups in total. The lowest BCUT2D eigenvalue weighted by Crippen LogP contribution is -2.39. The van der Waals surface area contributed by atoms with E-state index in [2.05, 4.69) is 23.7 Å². The Bertz CT molecular complexity index is 1190. The first-order valence-electron chi connectivity index (χ1n) is 10.7.